The van der Waals surface area contributed by atoms with Gasteiger partial charge in [0.25, 0.3) is 0 Å². The lowest BCUT2D eigenvalue weighted by molar-refractivity contribution is 0.0242. The van der Waals surface area contributed by atoms with Crippen LogP contribution in [0.15, 0.2) is 12.3 Å². The van der Waals surface area contributed by atoms with Crippen LogP contribution in [0, 0.1) is 0 Å². The number of nitrogen functional groups attached to an aromatic ring is 1. The number of rotatable bonds is 3. The monoisotopic (exact) mass is 217 g/mol. The first-order valence-corrected chi connectivity index (χ1v) is 4.41. The molecule has 2 unspecified atom stereocenters. The van der Waals surface area contributed by atoms with Gasteiger partial charge in [-0.1, -0.05) is 11.6 Å². The average molecular weight is 218 g/mol. The van der Waals surface area contributed by atoms with Crippen molar-refractivity contribution in [2.24, 2.45) is 5.73 Å². The van der Waals surface area contributed by atoms with Crippen LogP contribution >= 0.6 is 11.6 Å². The topological polar surface area (TPSA) is 105 Å². The summed E-state index contributed by atoms with van der Waals surface area (Å²) in [6.45, 7) is -0.0537. The quantitative estimate of drug-likeness (QED) is 0.555. The Bertz CT molecular complexity index is 321. The zero-order valence-corrected chi connectivity index (χ0v) is 8.15. The van der Waals surface area contributed by atoms with Crippen LogP contribution < -0.4 is 11.5 Å². The lowest BCUT2D eigenvalue weighted by atomic mass is 10.1. The molecule has 0 saturated heterocycles. The van der Waals surface area contributed by atoms with Crippen molar-refractivity contribution in [1.82, 2.24) is 4.98 Å². The molecule has 6 N–H and O–H groups in total. The fraction of sp³-hybridized carbons (Fsp3) is 0.375. The molecule has 1 aromatic rings. The van der Waals surface area contributed by atoms with Crippen LogP contribution in [0.1, 0.15) is 11.7 Å². The molecule has 0 saturated carbocycles. The maximum Gasteiger partial charge on any atom is 0.124 e. The number of aromatic nitrogens is 1. The molecule has 0 spiro atoms. The summed E-state index contributed by atoms with van der Waals surface area (Å²) in [7, 11) is 0. The van der Waals surface area contributed by atoms with E-state index in [1.54, 1.807) is 0 Å². The van der Waals surface area contributed by atoms with Crippen LogP contribution in [0.2, 0.25) is 5.02 Å². The number of hydrogen-bond acceptors (Lipinski definition) is 5. The van der Waals surface area contributed by atoms with E-state index in [4.69, 9.17) is 23.1 Å². The summed E-state index contributed by atoms with van der Waals surface area (Å²) in [5, 5.41) is 19.1. The summed E-state index contributed by atoms with van der Waals surface area (Å²) in [6, 6.07) is 1.41. The number of anilines is 1. The Morgan fingerprint density at radius 1 is 1.50 bits per heavy atom. The highest BCUT2D eigenvalue weighted by Crippen LogP contribution is 2.25. The smallest absolute Gasteiger partial charge is 0.124 e. The van der Waals surface area contributed by atoms with Crippen LogP contribution in [-0.2, 0) is 0 Å². The second-order valence-electron chi connectivity index (χ2n) is 2.88. The Morgan fingerprint density at radius 3 is 2.64 bits per heavy atom. The number of nitrogens with zero attached hydrogens (tertiary/aromatic N) is 1. The fourth-order valence-electron chi connectivity index (χ4n) is 1.01. The van der Waals surface area contributed by atoms with Crippen molar-refractivity contribution in [3.63, 3.8) is 0 Å². The van der Waals surface area contributed by atoms with Gasteiger partial charge in [-0.3, -0.25) is 0 Å². The third-order valence-electron chi connectivity index (χ3n) is 1.83. The van der Waals surface area contributed by atoms with Crippen molar-refractivity contribution < 1.29 is 10.2 Å². The minimum absolute atomic E-state index is 0.0537. The summed E-state index contributed by atoms with van der Waals surface area (Å²) in [6.07, 6.45) is -0.875. The number of nitrogens with two attached hydrogens (primary N) is 2. The second-order valence-corrected chi connectivity index (χ2v) is 3.29. The lowest BCUT2D eigenvalue weighted by Crippen LogP contribution is -2.27. The second kappa shape index (κ2) is 4.56. The molecule has 78 valence electrons. The molecule has 0 aliphatic rings. The highest BCUT2D eigenvalue weighted by Gasteiger charge is 2.19. The molecule has 0 bridgehead atoms. The highest BCUT2D eigenvalue weighted by atomic mass is 35.5. The predicted octanol–water partition coefficient (Wildman–Crippen LogP) is -0.330. The van der Waals surface area contributed by atoms with E-state index in [1.807, 2.05) is 0 Å². The molecule has 0 radical (unpaired) electrons. The van der Waals surface area contributed by atoms with Crippen molar-refractivity contribution in [2.45, 2.75) is 12.2 Å². The molecule has 5 nitrogen and oxygen atoms in total. The van der Waals surface area contributed by atoms with Gasteiger partial charge < -0.3 is 21.7 Å². The lowest BCUT2D eigenvalue weighted by Gasteiger charge is -2.17. The van der Waals surface area contributed by atoms with Crippen LogP contribution in [-0.4, -0.2) is 27.8 Å². The first-order chi connectivity index (χ1) is 6.56. The van der Waals surface area contributed by atoms with Gasteiger partial charge in [-0.05, 0) is 6.07 Å². The molecule has 0 aromatic carbocycles. The van der Waals surface area contributed by atoms with E-state index >= 15 is 0 Å². The zero-order valence-electron chi connectivity index (χ0n) is 7.39. The van der Waals surface area contributed by atoms with E-state index in [1.165, 1.54) is 12.3 Å². The highest BCUT2D eigenvalue weighted by molar-refractivity contribution is 6.31. The molecular formula is C8H12ClN3O2. The van der Waals surface area contributed by atoms with Gasteiger partial charge in [0.05, 0.1) is 11.1 Å². The Hall–Kier alpha value is -0.880. The number of aliphatic hydroxyl groups excluding tert-OH is 2. The number of aliphatic hydroxyl groups is 2. The van der Waals surface area contributed by atoms with Crippen molar-refractivity contribution >= 4 is 17.4 Å². The van der Waals surface area contributed by atoms with Crippen LogP contribution in [0.25, 0.3) is 0 Å². The normalized spacial score (nSPS) is 15.1. The molecular weight excluding hydrogens is 206 g/mol. The maximum absolute atomic E-state index is 9.57. The van der Waals surface area contributed by atoms with Crippen molar-refractivity contribution in [3.8, 4) is 0 Å². The van der Waals surface area contributed by atoms with E-state index in [2.05, 4.69) is 4.98 Å². The van der Waals surface area contributed by atoms with Gasteiger partial charge in [0.1, 0.15) is 11.9 Å². The maximum atomic E-state index is 9.57. The van der Waals surface area contributed by atoms with E-state index < -0.39 is 12.2 Å². The molecule has 2 atom stereocenters. The van der Waals surface area contributed by atoms with E-state index in [9.17, 15) is 10.2 Å². The van der Waals surface area contributed by atoms with E-state index in [0.717, 1.165) is 0 Å². The summed E-state index contributed by atoms with van der Waals surface area (Å²) in [4.78, 5) is 3.76. The van der Waals surface area contributed by atoms with Crippen molar-refractivity contribution in [1.29, 1.82) is 0 Å². The van der Waals surface area contributed by atoms with Gasteiger partial charge in [-0.2, -0.15) is 0 Å². The first-order valence-electron chi connectivity index (χ1n) is 4.03. The van der Waals surface area contributed by atoms with Crippen LogP contribution in [0.5, 0.6) is 0 Å². The summed E-state index contributed by atoms with van der Waals surface area (Å²) in [5.74, 6) is 0.258. The van der Waals surface area contributed by atoms with E-state index in [-0.39, 0.29) is 17.4 Å². The SMILES string of the molecule is NCC(O)C(O)c1cnc(N)cc1Cl. The summed E-state index contributed by atoms with van der Waals surface area (Å²) >= 11 is 5.79. The van der Waals surface area contributed by atoms with Gasteiger partial charge in [0.2, 0.25) is 0 Å². The van der Waals surface area contributed by atoms with Crippen LogP contribution in [0.4, 0.5) is 5.82 Å². The van der Waals surface area contributed by atoms with Crippen molar-refractivity contribution in [3.05, 3.63) is 22.8 Å². The molecule has 0 aliphatic carbocycles. The van der Waals surface area contributed by atoms with Gasteiger partial charge in [0, 0.05) is 18.3 Å². The molecule has 1 rings (SSSR count). The van der Waals surface area contributed by atoms with Gasteiger partial charge in [-0.15, -0.1) is 0 Å². The Kier molecular flexibility index (Phi) is 3.65. The molecule has 0 amide bonds. The number of pyridine rings is 1. The van der Waals surface area contributed by atoms with Crippen LogP contribution in [0.3, 0.4) is 0 Å². The molecule has 0 fully saturated rings. The van der Waals surface area contributed by atoms with Gasteiger partial charge >= 0.3 is 0 Å². The predicted molar refractivity (Wildman–Crippen MR) is 53.7 cm³/mol. The summed E-state index contributed by atoms with van der Waals surface area (Å²) < 4.78 is 0. The van der Waals surface area contributed by atoms with Crippen molar-refractivity contribution in [2.75, 3.05) is 12.3 Å². The molecule has 0 aliphatic heterocycles. The van der Waals surface area contributed by atoms with Gasteiger partial charge in [0.15, 0.2) is 0 Å². The third-order valence-corrected chi connectivity index (χ3v) is 2.16. The minimum Gasteiger partial charge on any atom is -0.389 e. The minimum atomic E-state index is -1.14. The Labute approximate surface area is 86.3 Å². The third kappa shape index (κ3) is 2.33. The molecule has 6 heteroatoms. The summed E-state index contributed by atoms with van der Waals surface area (Å²) in [5.41, 5.74) is 10.9. The Morgan fingerprint density at radius 2 is 2.14 bits per heavy atom. The fourth-order valence-corrected chi connectivity index (χ4v) is 1.28. The average Bonchev–Trinajstić information content (AvgIpc) is 2.15. The molecule has 1 aromatic heterocycles. The van der Waals surface area contributed by atoms with Gasteiger partial charge in [-0.25, -0.2) is 4.98 Å². The van der Waals surface area contributed by atoms with E-state index in [0.29, 0.717) is 5.56 Å². The Balaban J connectivity index is 2.95. The zero-order chi connectivity index (χ0) is 10.7. The number of hydrogen-bond donors (Lipinski definition) is 4. The first kappa shape index (κ1) is 11.2. The molecule has 14 heavy (non-hydrogen) atoms. The number of halogens is 1. The largest absolute Gasteiger partial charge is 0.389 e. The standard InChI is InChI=1S/C8H12ClN3O2/c9-5-1-7(11)12-3-4(5)8(14)6(13)2-10/h1,3,6,8,13-14H,2,10H2,(H2,11,12). The molecule has 1 heterocycles.